The van der Waals surface area contributed by atoms with Crippen molar-refractivity contribution >= 4 is 11.8 Å². The molecule has 29 heavy (non-hydrogen) atoms. The van der Waals surface area contributed by atoms with E-state index in [1.165, 1.54) is 0 Å². The van der Waals surface area contributed by atoms with Crippen LogP contribution in [0.15, 0.2) is 59.6 Å². The van der Waals surface area contributed by atoms with Crippen molar-refractivity contribution in [1.29, 1.82) is 0 Å². The average molecular weight is 395 g/mol. The number of ether oxygens (including phenoxy) is 2. The fourth-order valence-electron chi connectivity index (χ4n) is 3.94. The summed E-state index contributed by atoms with van der Waals surface area (Å²) in [5, 5.41) is 0. The van der Waals surface area contributed by atoms with Gasteiger partial charge in [0.05, 0.1) is 14.2 Å². The summed E-state index contributed by atoms with van der Waals surface area (Å²) in [6.45, 7) is 6.58. The van der Waals surface area contributed by atoms with E-state index in [0.29, 0.717) is 18.9 Å². The molecule has 0 aromatic heterocycles. The highest BCUT2D eigenvalue weighted by Gasteiger charge is 2.47. The van der Waals surface area contributed by atoms with Crippen molar-refractivity contribution in [2.24, 2.45) is 10.9 Å². The lowest BCUT2D eigenvalue weighted by molar-refractivity contribution is -0.140. The normalized spacial score (nSPS) is 21.9. The van der Waals surface area contributed by atoms with Gasteiger partial charge in [0.15, 0.2) is 0 Å². The topological polar surface area (TPSA) is 51.1 Å². The Morgan fingerprint density at radius 3 is 2.21 bits per heavy atom. The van der Waals surface area contributed by atoms with E-state index in [9.17, 15) is 4.79 Å². The molecule has 5 nitrogen and oxygen atoms in total. The third-order valence-electron chi connectivity index (χ3n) is 5.41. The predicted octanol–water partition coefficient (Wildman–Crippen LogP) is 4.11. The zero-order valence-corrected chi connectivity index (χ0v) is 17.9. The van der Waals surface area contributed by atoms with E-state index < -0.39 is 5.54 Å². The number of hydrogen-bond donors (Lipinski definition) is 0. The lowest BCUT2D eigenvalue weighted by Gasteiger charge is -2.43. The zero-order chi connectivity index (χ0) is 21.0. The van der Waals surface area contributed by atoms with Crippen molar-refractivity contribution in [1.82, 2.24) is 4.90 Å². The molecule has 5 heteroatoms. The number of carbonyl (C=O) groups excluding carboxylic acids is 1. The van der Waals surface area contributed by atoms with E-state index in [2.05, 4.69) is 13.8 Å². The number of amides is 1. The maximum absolute atomic E-state index is 13.7. The van der Waals surface area contributed by atoms with Crippen molar-refractivity contribution in [3.05, 3.63) is 65.7 Å². The van der Waals surface area contributed by atoms with Crippen LogP contribution in [0.4, 0.5) is 0 Å². The Morgan fingerprint density at radius 2 is 1.66 bits per heavy atom. The van der Waals surface area contributed by atoms with Crippen LogP contribution in [0, 0.1) is 5.92 Å². The fourth-order valence-corrected chi connectivity index (χ4v) is 3.94. The molecule has 1 aliphatic heterocycles. The van der Waals surface area contributed by atoms with Crippen LogP contribution < -0.4 is 4.74 Å². The Labute approximate surface area is 173 Å². The van der Waals surface area contributed by atoms with Crippen LogP contribution in [0.5, 0.6) is 5.75 Å². The van der Waals surface area contributed by atoms with Crippen molar-refractivity contribution in [2.75, 3.05) is 14.2 Å². The van der Waals surface area contributed by atoms with Crippen LogP contribution in [0.2, 0.25) is 0 Å². The number of carbonyl (C=O) groups is 1. The fraction of sp³-hybridized carbons (Fsp3) is 0.417. The van der Waals surface area contributed by atoms with Gasteiger partial charge >= 0.3 is 0 Å². The molecule has 0 fully saturated rings. The minimum Gasteiger partial charge on any atom is -0.497 e. The van der Waals surface area contributed by atoms with E-state index in [4.69, 9.17) is 14.5 Å². The summed E-state index contributed by atoms with van der Waals surface area (Å²) in [5.41, 5.74) is 1.23. The predicted molar refractivity (Wildman–Crippen MR) is 115 cm³/mol. The first-order valence-corrected chi connectivity index (χ1v) is 9.99. The number of aliphatic imine (C=N–C) groups is 1. The Hall–Kier alpha value is -2.82. The summed E-state index contributed by atoms with van der Waals surface area (Å²) in [6, 6.07) is 17.6. The molecule has 0 saturated heterocycles. The molecular weight excluding hydrogens is 364 g/mol. The molecule has 1 amide bonds. The molecule has 0 spiro atoms. The first-order valence-electron chi connectivity index (χ1n) is 9.99. The molecule has 2 atom stereocenters. The molecule has 0 saturated carbocycles. The highest BCUT2D eigenvalue weighted by atomic mass is 16.5. The second-order valence-electron chi connectivity index (χ2n) is 8.06. The number of hydrogen-bond acceptors (Lipinski definition) is 4. The first-order chi connectivity index (χ1) is 13.9. The van der Waals surface area contributed by atoms with Crippen LogP contribution in [-0.4, -0.2) is 42.5 Å². The van der Waals surface area contributed by atoms with Gasteiger partial charge in [-0.3, -0.25) is 4.79 Å². The second kappa shape index (κ2) is 8.68. The summed E-state index contributed by atoms with van der Waals surface area (Å²) in [6.07, 6.45) is 0.531. The van der Waals surface area contributed by atoms with Crippen LogP contribution in [0.25, 0.3) is 0 Å². The van der Waals surface area contributed by atoms with Gasteiger partial charge in [0.2, 0.25) is 5.90 Å². The Balaban J connectivity index is 1.97. The van der Waals surface area contributed by atoms with Crippen LogP contribution in [-0.2, 0) is 22.5 Å². The largest absolute Gasteiger partial charge is 0.497 e. The highest BCUT2D eigenvalue weighted by molar-refractivity contribution is 5.98. The molecule has 2 aromatic carbocycles. The minimum absolute atomic E-state index is 0.0247. The monoisotopic (exact) mass is 394 g/mol. The highest BCUT2D eigenvalue weighted by Crippen LogP contribution is 2.31. The number of benzene rings is 2. The third kappa shape index (κ3) is 4.44. The Morgan fingerprint density at radius 1 is 1.00 bits per heavy atom. The maximum atomic E-state index is 13.7. The maximum Gasteiger partial charge on any atom is 0.251 e. The molecule has 154 valence electrons. The SMILES string of the molecule is COC1=N[C@](C)(Cc2ccccc2)C(=O)N(Cc2ccc(OC)cc2)[C@H]1C(C)C. The van der Waals surface area contributed by atoms with Gasteiger partial charge in [0, 0.05) is 13.0 Å². The van der Waals surface area contributed by atoms with E-state index in [0.717, 1.165) is 16.9 Å². The van der Waals surface area contributed by atoms with Crippen LogP contribution >= 0.6 is 0 Å². The molecule has 3 rings (SSSR count). The average Bonchev–Trinajstić information content (AvgIpc) is 2.72. The lowest BCUT2D eigenvalue weighted by Crippen LogP contribution is -2.60. The number of methoxy groups -OCH3 is 2. The molecular formula is C24H30N2O3. The Bertz CT molecular complexity index is 861. The molecule has 0 bridgehead atoms. The first kappa shape index (κ1) is 20.9. The molecule has 0 unspecified atom stereocenters. The zero-order valence-electron chi connectivity index (χ0n) is 17.9. The number of rotatable bonds is 6. The molecule has 0 radical (unpaired) electrons. The van der Waals surface area contributed by atoms with Gasteiger partial charge in [-0.2, -0.15) is 0 Å². The standard InChI is InChI=1S/C24H30N2O3/c1-17(2)21-22(29-5)25-24(3,15-18-9-7-6-8-10-18)23(27)26(21)16-19-11-13-20(28-4)14-12-19/h6-14,17,21H,15-16H2,1-5H3/t21-,24+/m0/s1. The molecule has 0 aliphatic carbocycles. The van der Waals surface area contributed by atoms with Gasteiger partial charge in [-0.15, -0.1) is 0 Å². The second-order valence-corrected chi connectivity index (χ2v) is 8.06. The summed E-state index contributed by atoms with van der Waals surface area (Å²) in [4.78, 5) is 20.4. The molecule has 1 heterocycles. The van der Waals surface area contributed by atoms with Gasteiger partial charge in [-0.1, -0.05) is 56.3 Å². The molecule has 1 aliphatic rings. The van der Waals surface area contributed by atoms with E-state index in [1.807, 2.05) is 66.4 Å². The van der Waals surface area contributed by atoms with Crippen molar-refractivity contribution < 1.29 is 14.3 Å². The summed E-state index contributed by atoms with van der Waals surface area (Å²) in [5.74, 6) is 1.62. The van der Waals surface area contributed by atoms with E-state index in [1.54, 1.807) is 14.2 Å². The van der Waals surface area contributed by atoms with E-state index >= 15 is 0 Å². The van der Waals surface area contributed by atoms with Crippen molar-refractivity contribution in [2.45, 2.75) is 45.3 Å². The van der Waals surface area contributed by atoms with Crippen molar-refractivity contribution in [3.63, 3.8) is 0 Å². The summed E-state index contributed by atoms with van der Waals surface area (Å²) < 4.78 is 10.9. The Kier molecular flexibility index (Phi) is 6.26. The molecule has 0 N–H and O–H groups in total. The van der Waals surface area contributed by atoms with Gasteiger partial charge < -0.3 is 14.4 Å². The summed E-state index contributed by atoms with van der Waals surface area (Å²) in [7, 11) is 3.28. The van der Waals surface area contributed by atoms with Gasteiger partial charge in [0.25, 0.3) is 5.91 Å². The quantitative estimate of drug-likeness (QED) is 0.741. The third-order valence-corrected chi connectivity index (χ3v) is 5.41. The van der Waals surface area contributed by atoms with Gasteiger partial charge in [0.1, 0.15) is 17.3 Å². The van der Waals surface area contributed by atoms with Crippen LogP contribution in [0.3, 0.4) is 0 Å². The smallest absolute Gasteiger partial charge is 0.251 e. The van der Waals surface area contributed by atoms with Crippen molar-refractivity contribution in [3.8, 4) is 5.75 Å². The van der Waals surface area contributed by atoms with Gasteiger partial charge in [-0.05, 0) is 36.1 Å². The van der Waals surface area contributed by atoms with Gasteiger partial charge in [-0.25, -0.2) is 4.99 Å². The minimum atomic E-state index is -0.898. The lowest BCUT2D eigenvalue weighted by atomic mass is 9.87. The summed E-state index contributed by atoms with van der Waals surface area (Å²) >= 11 is 0. The van der Waals surface area contributed by atoms with E-state index in [-0.39, 0.29) is 17.9 Å². The molecule has 2 aromatic rings. The van der Waals surface area contributed by atoms with Crippen LogP contribution in [0.1, 0.15) is 31.9 Å². The number of nitrogens with zero attached hydrogens (tertiary/aromatic N) is 2.